The van der Waals surface area contributed by atoms with Gasteiger partial charge in [0.15, 0.2) is 5.75 Å². The van der Waals surface area contributed by atoms with Crippen LogP contribution in [0.4, 0.5) is 4.39 Å². The molecule has 0 atom stereocenters. The lowest BCUT2D eigenvalue weighted by atomic mass is 10.2. The summed E-state index contributed by atoms with van der Waals surface area (Å²) in [6.45, 7) is 0.108. The third kappa shape index (κ3) is 2.96. The molecule has 17 heavy (non-hydrogen) atoms. The molecule has 88 valence electrons. The van der Waals surface area contributed by atoms with Gasteiger partial charge in [0.05, 0.1) is 5.02 Å². The van der Waals surface area contributed by atoms with Gasteiger partial charge in [-0.2, -0.15) is 0 Å². The maximum atomic E-state index is 13.6. The van der Waals surface area contributed by atoms with Gasteiger partial charge in [-0.1, -0.05) is 23.7 Å². The summed E-state index contributed by atoms with van der Waals surface area (Å²) in [6, 6.07) is 8.31. The van der Waals surface area contributed by atoms with Crippen LogP contribution in [0, 0.1) is 5.82 Å². The standard InChI is InChI=1S/C12H8BrClFNO/c13-12-10(5-2-6-16-12)17-7-8-3-1-4-9(14)11(8)15/h1-6H,7H2. The van der Waals surface area contributed by atoms with Crippen molar-refractivity contribution < 1.29 is 9.13 Å². The maximum absolute atomic E-state index is 13.6. The largest absolute Gasteiger partial charge is 0.486 e. The minimum atomic E-state index is -0.450. The molecular formula is C12H8BrClFNO. The lowest BCUT2D eigenvalue weighted by Crippen LogP contribution is -1.99. The summed E-state index contributed by atoms with van der Waals surface area (Å²) in [5, 5.41) is 0.0938. The normalized spacial score (nSPS) is 10.3. The van der Waals surface area contributed by atoms with E-state index in [9.17, 15) is 4.39 Å². The van der Waals surface area contributed by atoms with Crippen LogP contribution < -0.4 is 4.74 Å². The van der Waals surface area contributed by atoms with Crippen LogP contribution in [-0.2, 0) is 6.61 Å². The average Bonchev–Trinajstić information content (AvgIpc) is 2.33. The van der Waals surface area contributed by atoms with Crippen LogP contribution in [0.5, 0.6) is 5.75 Å². The third-order valence-electron chi connectivity index (χ3n) is 2.14. The first-order valence-corrected chi connectivity index (χ1v) is 6.02. The Balaban J connectivity index is 2.13. The van der Waals surface area contributed by atoms with Crippen molar-refractivity contribution in [2.75, 3.05) is 0 Å². The third-order valence-corrected chi connectivity index (χ3v) is 3.03. The molecule has 1 heterocycles. The lowest BCUT2D eigenvalue weighted by molar-refractivity contribution is 0.296. The molecule has 0 spiro atoms. The molecular weight excluding hydrogens is 308 g/mol. The Morgan fingerprint density at radius 2 is 2.12 bits per heavy atom. The van der Waals surface area contributed by atoms with Crippen molar-refractivity contribution in [2.24, 2.45) is 0 Å². The van der Waals surface area contributed by atoms with E-state index in [4.69, 9.17) is 16.3 Å². The monoisotopic (exact) mass is 315 g/mol. The molecule has 1 aromatic heterocycles. The lowest BCUT2D eigenvalue weighted by Gasteiger charge is -2.08. The van der Waals surface area contributed by atoms with Gasteiger partial charge in [0.1, 0.15) is 17.0 Å². The highest BCUT2D eigenvalue weighted by Gasteiger charge is 2.08. The molecule has 0 amide bonds. The van der Waals surface area contributed by atoms with Crippen molar-refractivity contribution >= 4 is 27.5 Å². The molecule has 0 bridgehead atoms. The van der Waals surface area contributed by atoms with E-state index < -0.39 is 5.82 Å². The number of hydrogen-bond donors (Lipinski definition) is 0. The van der Waals surface area contributed by atoms with E-state index in [-0.39, 0.29) is 11.6 Å². The van der Waals surface area contributed by atoms with Gasteiger partial charge in [-0.15, -0.1) is 0 Å². The van der Waals surface area contributed by atoms with E-state index in [1.807, 2.05) is 0 Å². The zero-order valence-corrected chi connectivity index (χ0v) is 11.0. The van der Waals surface area contributed by atoms with Crippen LogP contribution in [0.25, 0.3) is 0 Å². The van der Waals surface area contributed by atoms with Crippen molar-refractivity contribution in [3.8, 4) is 5.75 Å². The Kier molecular flexibility index (Phi) is 3.97. The highest BCUT2D eigenvalue weighted by Crippen LogP contribution is 2.24. The maximum Gasteiger partial charge on any atom is 0.152 e. The minimum absolute atomic E-state index is 0.0938. The summed E-state index contributed by atoms with van der Waals surface area (Å²) < 4.78 is 19.6. The Labute approximate surface area is 112 Å². The summed E-state index contributed by atoms with van der Waals surface area (Å²) in [7, 11) is 0. The summed E-state index contributed by atoms with van der Waals surface area (Å²) in [4.78, 5) is 4.00. The molecule has 5 heteroatoms. The number of nitrogens with zero attached hydrogens (tertiary/aromatic N) is 1. The molecule has 0 radical (unpaired) electrons. The molecule has 2 aromatic rings. The first-order chi connectivity index (χ1) is 8.18. The number of ether oxygens (including phenoxy) is 1. The zero-order valence-electron chi connectivity index (χ0n) is 8.66. The first kappa shape index (κ1) is 12.3. The van der Waals surface area contributed by atoms with Crippen LogP contribution in [0.2, 0.25) is 5.02 Å². The first-order valence-electron chi connectivity index (χ1n) is 4.84. The Morgan fingerprint density at radius 3 is 2.88 bits per heavy atom. The number of rotatable bonds is 3. The predicted molar refractivity (Wildman–Crippen MR) is 67.7 cm³/mol. The van der Waals surface area contributed by atoms with E-state index >= 15 is 0 Å². The van der Waals surface area contributed by atoms with Gasteiger partial charge in [-0.3, -0.25) is 0 Å². The summed E-state index contributed by atoms with van der Waals surface area (Å²) >= 11 is 8.92. The Hall–Kier alpha value is -1.13. The van der Waals surface area contributed by atoms with Crippen molar-refractivity contribution in [1.82, 2.24) is 4.98 Å². The molecule has 0 aliphatic heterocycles. The van der Waals surface area contributed by atoms with E-state index in [0.29, 0.717) is 15.9 Å². The predicted octanol–water partition coefficient (Wildman–Crippen LogP) is 4.22. The van der Waals surface area contributed by atoms with E-state index in [1.54, 1.807) is 30.5 Å². The number of hydrogen-bond acceptors (Lipinski definition) is 2. The number of pyridine rings is 1. The number of benzene rings is 1. The summed E-state index contributed by atoms with van der Waals surface area (Å²) in [5.41, 5.74) is 0.410. The van der Waals surface area contributed by atoms with Crippen LogP contribution in [0.3, 0.4) is 0 Å². The zero-order chi connectivity index (χ0) is 12.3. The van der Waals surface area contributed by atoms with Gasteiger partial charge in [0, 0.05) is 11.8 Å². The number of aromatic nitrogens is 1. The van der Waals surface area contributed by atoms with Crippen molar-refractivity contribution in [1.29, 1.82) is 0 Å². The van der Waals surface area contributed by atoms with Crippen molar-refractivity contribution in [3.05, 3.63) is 57.5 Å². The molecule has 0 saturated carbocycles. The number of halogens is 3. The van der Waals surface area contributed by atoms with Gasteiger partial charge >= 0.3 is 0 Å². The van der Waals surface area contributed by atoms with Gasteiger partial charge in [0.2, 0.25) is 0 Å². The fourth-order valence-electron chi connectivity index (χ4n) is 1.29. The van der Waals surface area contributed by atoms with Gasteiger partial charge in [-0.05, 0) is 34.1 Å². The van der Waals surface area contributed by atoms with Crippen LogP contribution >= 0.6 is 27.5 Å². The fraction of sp³-hybridized carbons (Fsp3) is 0.0833. The highest BCUT2D eigenvalue weighted by molar-refractivity contribution is 9.10. The molecule has 0 aliphatic rings. The SMILES string of the molecule is Fc1c(Cl)cccc1COc1cccnc1Br. The van der Waals surface area contributed by atoms with E-state index in [2.05, 4.69) is 20.9 Å². The molecule has 0 fully saturated rings. The van der Waals surface area contributed by atoms with Crippen LogP contribution in [0.15, 0.2) is 41.1 Å². The van der Waals surface area contributed by atoms with Crippen LogP contribution in [0.1, 0.15) is 5.56 Å². The molecule has 2 nitrogen and oxygen atoms in total. The van der Waals surface area contributed by atoms with Gasteiger partial charge < -0.3 is 4.74 Å². The van der Waals surface area contributed by atoms with Crippen molar-refractivity contribution in [3.63, 3.8) is 0 Å². The second kappa shape index (κ2) is 5.47. The fourth-order valence-corrected chi connectivity index (χ4v) is 1.85. The topological polar surface area (TPSA) is 22.1 Å². The van der Waals surface area contributed by atoms with Crippen molar-refractivity contribution in [2.45, 2.75) is 6.61 Å². The molecule has 0 N–H and O–H groups in total. The van der Waals surface area contributed by atoms with Gasteiger partial charge in [0.25, 0.3) is 0 Å². The average molecular weight is 317 g/mol. The smallest absolute Gasteiger partial charge is 0.152 e. The molecule has 0 aliphatic carbocycles. The quantitative estimate of drug-likeness (QED) is 0.791. The van der Waals surface area contributed by atoms with Crippen LogP contribution in [-0.4, -0.2) is 4.98 Å². The van der Waals surface area contributed by atoms with Gasteiger partial charge in [-0.25, -0.2) is 9.37 Å². The minimum Gasteiger partial charge on any atom is -0.486 e. The Bertz CT molecular complexity index is 536. The van der Waals surface area contributed by atoms with E-state index in [1.165, 1.54) is 6.07 Å². The second-order valence-corrected chi connectivity index (χ2v) is 4.45. The summed E-state index contributed by atoms with van der Waals surface area (Å²) in [5.74, 6) is 0.112. The molecule has 1 aromatic carbocycles. The molecule has 2 rings (SSSR count). The summed E-state index contributed by atoms with van der Waals surface area (Å²) in [6.07, 6.45) is 1.64. The molecule has 0 unspecified atom stereocenters. The Morgan fingerprint density at radius 1 is 1.29 bits per heavy atom. The molecule has 0 saturated heterocycles. The van der Waals surface area contributed by atoms with E-state index in [0.717, 1.165) is 0 Å². The highest BCUT2D eigenvalue weighted by atomic mass is 79.9. The second-order valence-electron chi connectivity index (χ2n) is 3.29.